The van der Waals surface area contributed by atoms with Crippen LogP contribution in [0.4, 0.5) is 0 Å². The van der Waals surface area contributed by atoms with Crippen LogP contribution in [0.5, 0.6) is 11.5 Å². The fourth-order valence-corrected chi connectivity index (χ4v) is 1.59. The summed E-state index contributed by atoms with van der Waals surface area (Å²) < 4.78 is 20.5. The van der Waals surface area contributed by atoms with E-state index in [1.54, 1.807) is 21.1 Å². The molecule has 5 heteroatoms. The van der Waals surface area contributed by atoms with Crippen LogP contribution < -0.4 is 9.47 Å². The van der Waals surface area contributed by atoms with Crippen LogP contribution in [0, 0.1) is 5.92 Å². The molecule has 0 saturated carbocycles. The lowest BCUT2D eigenvalue weighted by molar-refractivity contribution is -0.147. The Bertz CT molecular complexity index is 416. The molecule has 1 atom stereocenters. The average molecular weight is 268 g/mol. The first-order chi connectivity index (χ1) is 9.12. The van der Waals surface area contributed by atoms with Crippen molar-refractivity contribution in [2.45, 2.75) is 13.5 Å². The van der Waals surface area contributed by atoms with E-state index < -0.39 is 0 Å². The van der Waals surface area contributed by atoms with Crippen LogP contribution in [-0.4, -0.2) is 33.9 Å². The molecule has 1 aromatic carbocycles. The lowest BCUT2D eigenvalue weighted by atomic mass is 10.2. The second-order valence-corrected chi connectivity index (χ2v) is 4.13. The minimum Gasteiger partial charge on any atom is -0.493 e. The van der Waals surface area contributed by atoms with Gasteiger partial charge in [0.2, 0.25) is 0 Å². The number of hydrogen-bond donors (Lipinski definition) is 0. The van der Waals surface area contributed by atoms with Crippen molar-refractivity contribution in [1.82, 2.24) is 0 Å². The van der Waals surface area contributed by atoms with Gasteiger partial charge in [0.25, 0.3) is 0 Å². The molecule has 0 aliphatic heterocycles. The first kappa shape index (κ1) is 15.3. The Morgan fingerprint density at radius 3 is 2.42 bits per heavy atom. The molecule has 19 heavy (non-hydrogen) atoms. The summed E-state index contributed by atoms with van der Waals surface area (Å²) in [5.74, 6) is 0.788. The summed E-state index contributed by atoms with van der Waals surface area (Å²) >= 11 is 0. The number of carbonyl (C=O) groups is 1. The molecule has 0 N–H and O–H groups in total. The summed E-state index contributed by atoms with van der Waals surface area (Å²) in [6.07, 6.45) is 0. The molecule has 0 radical (unpaired) electrons. The van der Waals surface area contributed by atoms with Crippen LogP contribution >= 0.6 is 0 Å². The van der Waals surface area contributed by atoms with Crippen LogP contribution in [0.3, 0.4) is 0 Å². The monoisotopic (exact) mass is 268 g/mol. The first-order valence-corrected chi connectivity index (χ1v) is 5.98. The molecular formula is C14H20O5. The highest BCUT2D eigenvalue weighted by Crippen LogP contribution is 2.27. The van der Waals surface area contributed by atoms with E-state index in [1.807, 2.05) is 18.2 Å². The molecular weight excluding hydrogens is 248 g/mol. The molecule has 0 aromatic heterocycles. The van der Waals surface area contributed by atoms with E-state index in [0.29, 0.717) is 24.7 Å². The zero-order chi connectivity index (χ0) is 14.3. The highest BCUT2D eigenvalue weighted by atomic mass is 16.5. The first-order valence-electron chi connectivity index (χ1n) is 5.98. The third kappa shape index (κ3) is 4.44. The molecule has 0 heterocycles. The fourth-order valence-electron chi connectivity index (χ4n) is 1.59. The van der Waals surface area contributed by atoms with Crippen molar-refractivity contribution in [3.05, 3.63) is 23.8 Å². The van der Waals surface area contributed by atoms with Gasteiger partial charge in [-0.25, -0.2) is 0 Å². The van der Waals surface area contributed by atoms with Gasteiger partial charge in [0.15, 0.2) is 11.5 Å². The van der Waals surface area contributed by atoms with Gasteiger partial charge in [0.1, 0.15) is 0 Å². The van der Waals surface area contributed by atoms with Crippen LogP contribution in [0.1, 0.15) is 12.5 Å². The fraction of sp³-hybridized carbons (Fsp3) is 0.500. The highest BCUT2D eigenvalue weighted by molar-refractivity contribution is 5.71. The summed E-state index contributed by atoms with van der Waals surface area (Å²) in [5, 5.41) is 0. The molecule has 0 amide bonds. The lowest BCUT2D eigenvalue weighted by Crippen LogP contribution is -2.18. The number of carbonyl (C=O) groups excluding carboxylic acids is 1. The molecule has 1 rings (SSSR count). The van der Waals surface area contributed by atoms with Crippen molar-refractivity contribution in [2.24, 2.45) is 5.92 Å². The Labute approximate surface area is 113 Å². The van der Waals surface area contributed by atoms with Crippen molar-refractivity contribution in [3.63, 3.8) is 0 Å². The molecule has 106 valence electrons. The largest absolute Gasteiger partial charge is 0.493 e. The Morgan fingerprint density at radius 1 is 1.16 bits per heavy atom. The molecule has 0 aliphatic rings. The van der Waals surface area contributed by atoms with Gasteiger partial charge in [-0.2, -0.15) is 0 Å². The molecule has 1 aromatic rings. The standard InChI is InChI=1S/C14H20O5/c1-10(14(15)18-4)8-19-9-11-5-6-12(16-2)13(7-11)17-3/h5-7,10H,8-9H2,1-4H3/t10-/m1/s1. The van der Waals surface area contributed by atoms with Gasteiger partial charge in [-0.1, -0.05) is 6.07 Å². The SMILES string of the molecule is COC(=O)[C@H](C)COCc1ccc(OC)c(OC)c1. The zero-order valence-electron chi connectivity index (χ0n) is 11.8. The predicted octanol–water partition coefficient (Wildman–Crippen LogP) is 2.03. The predicted molar refractivity (Wildman–Crippen MR) is 70.4 cm³/mol. The van der Waals surface area contributed by atoms with Crippen molar-refractivity contribution in [1.29, 1.82) is 0 Å². The van der Waals surface area contributed by atoms with E-state index in [1.165, 1.54) is 7.11 Å². The number of benzene rings is 1. The lowest BCUT2D eigenvalue weighted by Gasteiger charge is -2.12. The van der Waals surface area contributed by atoms with Crippen LogP contribution in [-0.2, 0) is 20.9 Å². The van der Waals surface area contributed by atoms with Gasteiger partial charge in [-0.15, -0.1) is 0 Å². The van der Waals surface area contributed by atoms with E-state index in [0.717, 1.165) is 5.56 Å². The van der Waals surface area contributed by atoms with Gasteiger partial charge >= 0.3 is 5.97 Å². The highest BCUT2D eigenvalue weighted by Gasteiger charge is 2.13. The van der Waals surface area contributed by atoms with Gasteiger partial charge in [0, 0.05) is 0 Å². The molecule has 5 nitrogen and oxygen atoms in total. The van der Waals surface area contributed by atoms with Gasteiger partial charge < -0.3 is 18.9 Å². The Balaban J connectivity index is 2.52. The molecule has 0 bridgehead atoms. The van der Waals surface area contributed by atoms with Crippen molar-refractivity contribution >= 4 is 5.97 Å². The maximum absolute atomic E-state index is 11.2. The second kappa shape index (κ2) is 7.63. The maximum atomic E-state index is 11.2. The van der Waals surface area contributed by atoms with Crippen LogP contribution in [0.25, 0.3) is 0 Å². The van der Waals surface area contributed by atoms with Crippen molar-refractivity contribution < 1.29 is 23.7 Å². The van der Waals surface area contributed by atoms with Gasteiger partial charge in [-0.3, -0.25) is 4.79 Å². The summed E-state index contributed by atoms with van der Waals surface area (Å²) in [5.41, 5.74) is 0.953. The third-order valence-electron chi connectivity index (χ3n) is 2.69. The number of methoxy groups -OCH3 is 3. The number of esters is 1. The zero-order valence-corrected chi connectivity index (χ0v) is 11.8. The molecule has 0 fully saturated rings. The normalized spacial score (nSPS) is 11.8. The third-order valence-corrected chi connectivity index (χ3v) is 2.69. The van der Waals surface area contributed by atoms with Crippen LogP contribution in [0.2, 0.25) is 0 Å². The Morgan fingerprint density at radius 2 is 1.84 bits per heavy atom. The minimum absolute atomic E-state index is 0.271. The van der Waals surface area contributed by atoms with Crippen LogP contribution in [0.15, 0.2) is 18.2 Å². The summed E-state index contributed by atoms with van der Waals surface area (Å²) in [6, 6.07) is 5.56. The summed E-state index contributed by atoms with van der Waals surface area (Å²) in [6.45, 7) is 2.49. The van der Waals surface area contributed by atoms with Gasteiger partial charge in [-0.05, 0) is 24.6 Å². The topological polar surface area (TPSA) is 54.0 Å². The number of hydrogen-bond acceptors (Lipinski definition) is 5. The number of ether oxygens (including phenoxy) is 4. The number of rotatable bonds is 7. The molecule has 0 saturated heterocycles. The van der Waals surface area contributed by atoms with E-state index in [2.05, 4.69) is 4.74 Å². The van der Waals surface area contributed by atoms with E-state index in [-0.39, 0.29) is 11.9 Å². The van der Waals surface area contributed by atoms with E-state index >= 15 is 0 Å². The Hall–Kier alpha value is -1.75. The minimum atomic E-state index is -0.273. The second-order valence-electron chi connectivity index (χ2n) is 4.13. The molecule has 0 unspecified atom stereocenters. The molecule has 0 spiro atoms. The van der Waals surface area contributed by atoms with E-state index in [4.69, 9.17) is 14.2 Å². The summed E-state index contributed by atoms with van der Waals surface area (Å²) in [7, 11) is 4.54. The van der Waals surface area contributed by atoms with Crippen molar-refractivity contribution in [2.75, 3.05) is 27.9 Å². The summed E-state index contributed by atoms with van der Waals surface area (Å²) in [4.78, 5) is 11.2. The smallest absolute Gasteiger partial charge is 0.310 e. The van der Waals surface area contributed by atoms with E-state index in [9.17, 15) is 4.79 Å². The molecule has 0 aliphatic carbocycles. The quantitative estimate of drug-likeness (QED) is 0.708. The maximum Gasteiger partial charge on any atom is 0.310 e. The van der Waals surface area contributed by atoms with Gasteiger partial charge in [0.05, 0.1) is 40.5 Å². The average Bonchev–Trinajstić information content (AvgIpc) is 2.45. The van der Waals surface area contributed by atoms with Crippen molar-refractivity contribution in [3.8, 4) is 11.5 Å². The Kier molecular flexibility index (Phi) is 6.15.